The van der Waals surface area contributed by atoms with Crippen LogP contribution in [0.15, 0.2) is 42.5 Å². The van der Waals surface area contributed by atoms with Crippen molar-refractivity contribution < 1.29 is 9.84 Å². The zero-order valence-corrected chi connectivity index (χ0v) is 11.9. The van der Waals surface area contributed by atoms with Gasteiger partial charge in [-0.05, 0) is 42.7 Å². The average Bonchev–Trinajstić information content (AvgIpc) is 2.46. The molecule has 0 amide bonds. The number of ether oxygens (including phenoxy) is 1. The molecule has 2 rings (SSSR count). The zero-order chi connectivity index (χ0) is 13.9. The van der Waals surface area contributed by atoms with Gasteiger partial charge in [0.1, 0.15) is 6.10 Å². The number of aliphatic hydroxyl groups excluding tert-OH is 1. The first-order chi connectivity index (χ1) is 9.10. The molecule has 102 valence electrons. The van der Waals surface area contributed by atoms with Gasteiger partial charge in [-0.2, -0.15) is 0 Å². The lowest BCUT2D eigenvalue weighted by Gasteiger charge is -2.33. The summed E-state index contributed by atoms with van der Waals surface area (Å²) >= 11 is 0. The standard InChI is InChI=1S/C17H22O2/c1-4-17(3,19-5-2)16(18)15-11-10-13-8-6-7-9-14(13)12-15/h6-12,16,18H,4-5H2,1-3H3. The number of benzene rings is 2. The Morgan fingerprint density at radius 3 is 2.42 bits per heavy atom. The van der Waals surface area contributed by atoms with Crippen LogP contribution in [-0.2, 0) is 4.74 Å². The van der Waals surface area contributed by atoms with Crippen LogP contribution in [0.3, 0.4) is 0 Å². The third-order valence-corrected chi connectivity index (χ3v) is 3.84. The van der Waals surface area contributed by atoms with E-state index in [0.717, 1.165) is 17.4 Å². The third kappa shape index (κ3) is 2.80. The maximum Gasteiger partial charge on any atom is 0.108 e. The van der Waals surface area contributed by atoms with Crippen LogP contribution in [0.1, 0.15) is 38.9 Å². The molecule has 2 heteroatoms. The number of hydrogen-bond donors (Lipinski definition) is 1. The second kappa shape index (κ2) is 5.72. The molecule has 2 unspecified atom stereocenters. The van der Waals surface area contributed by atoms with Crippen LogP contribution in [0.4, 0.5) is 0 Å². The van der Waals surface area contributed by atoms with Crippen molar-refractivity contribution in [1.82, 2.24) is 0 Å². The van der Waals surface area contributed by atoms with Crippen molar-refractivity contribution in [2.45, 2.75) is 38.9 Å². The minimum atomic E-state index is -0.609. The van der Waals surface area contributed by atoms with Crippen LogP contribution in [0, 0.1) is 0 Å². The molecule has 0 heterocycles. The van der Waals surface area contributed by atoms with Crippen molar-refractivity contribution in [3.8, 4) is 0 Å². The molecule has 0 radical (unpaired) electrons. The van der Waals surface area contributed by atoms with Crippen LogP contribution in [0.5, 0.6) is 0 Å². The Hall–Kier alpha value is -1.38. The fraction of sp³-hybridized carbons (Fsp3) is 0.412. The van der Waals surface area contributed by atoms with Gasteiger partial charge in [-0.1, -0.05) is 43.3 Å². The van der Waals surface area contributed by atoms with Crippen LogP contribution in [-0.4, -0.2) is 17.3 Å². The summed E-state index contributed by atoms with van der Waals surface area (Å²) in [6.45, 7) is 6.58. The fourth-order valence-corrected chi connectivity index (χ4v) is 2.43. The van der Waals surface area contributed by atoms with Gasteiger partial charge in [0, 0.05) is 6.61 Å². The molecule has 1 N–H and O–H groups in total. The summed E-state index contributed by atoms with van der Waals surface area (Å²) in [5, 5.41) is 12.9. The molecule has 0 aliphatic rings. The van der Waals surface area contributed by atoms with E-state index in [1.165, 1.54) is 5.39 Å². The molecule has 0 aliphatic heterocycles. The highest BCUT2D eigenvalue weighted by Gasteiger charge is 2.33. The SMILES string of the molecule is CCOC(C)(CC)C(O)c1ccc2ccccc2c1. The van der Waals surface area contributed by atoms with Gasteiger partial charge in [-0.3, -0.25) is 0 Å². The van der Waals surface area contributed by atoms with Gasteiger partial charge in [0.05, 0.1) is 5.60 Å². The van der Waals surface area contributed by atoms with E-state index in [1.54, 1.807) is 0 Å². The minimum absolute atomic E-state index is 0.531. The largest absolute Gasteiger partial charge is 0.385 e. The first kappa shape index (κ1) is 14.0. The number of hydrogen-bond acceptors (Lipinski definition) is 2. The molecule has 0 bridgehead atoms. The van der Waals surface area contributed by atoms with Crippen molar-refractivity contribution in [3.05, 3.63) is 48.0 Å². The second-order valence-electron chi connectivity index (χ2n) is 5.11. The molecule has 0 fully saturated rings. The van der Waals surface area contributed by atoms with Crippen LogP contribution in [0.25, 0.3) is 10.8 Å². The smallest absolute Gasteiger partial charge is 0.108 e. The quantitative estimate of drug-likeness (QED) is 0.875. The maximum absolute atomic E-state index is 10.6. The van der Waals surface area contributed by atoms with Gasteiger partial charge in [0.15, 0.2) is 0 Å². The fourth-order valence-electron chi connectivity index (χ4n) is 2.43. The van der Waals surface area contributed by atoms with E-state index in [4.69, 9.17) is 4.74 Å². The highest BCUT2D eigenvalue weighted by atomic mass is 16.5. The molecule has 2 aromatic rings. The molecular weight excluding hydrogens is 236 g/mol. The molecule has 0 aromatic heterocycles. The highest BCUT2D eigenvalue weighted by molar-refractivity contribution is 5.83. The van der Waals surface area contributed by atoms with Crippen molar-refractivity contribution >= 4 is 10.8 Å². The normalized spacial score (nSPS) is 16.2. The summed E-state index contributed by atoms with van der Waals surface area (Å²) in [4.78, 5) is 0. The van der Waals surface area contributed by atoms with Gasteiger partial charge >= 0.3 is 0 Å². The minimum Gasteiger partial charge on any atom is -0.385 e. The van der Waals surface area contributed by atoms with E-state index in [-0.39, 0.29) is 0 Å². The van der Waals surface area contributed by atoms with E-state index in [9.17, 15) is 5.11 Å². The summed E-state index contributed by atoms with van der Waals surface area (Å²) in [6.07, 6.45) is 0.163. The Labute approximate surface area is 115 Å². The lowest BCUT2D eigenvalue weighted by molar-refractivity contribution is -0.113. The molecule has 19 heavy (non-hydrogen) atoms. The van der Waals surface area contributed by atoms with E-state index in [0.29, 0.717) is 6.61 Å². The second-order valence-corrected chi connectivity index (χ2v) is 5.11. The number of fused-ring (bicyclic) bond motifs is 1. The highest BCUT2D eigenvalue weighted by Crippen LogP contribution is 2.33. The van der Waals surface area contributed by atoms with Gasteiger partial charge in [0.2, 0.25) is 0 Å². The number of aliphatic hydroxyl groups is 1. The Bertz CT molecular complexity index is 550. The van der Waals surface area contributed by atoms with Gasteiger partial charge < -0.3 is 9.84 Å². The molecular formula is C17H22O2. The predicted molar refractivity (Wildman–Crippen MR) is 79.2 cm³/mol. The third-order valence-electron chi connectivity index (χ3n) is 3.84. The van der Waals surface area contributed by atoms with E-state index in [2.05, 4.69) is 18.2 Å². The lowest BCUT2D eigenvalue weighted by Crippen LogP contribution is -2.35. The van der Waals surface area contributed by atoms with Crippen LogP contribution in [0.2, 0.25) is 0 Å². The Morgan fingerprint density at radius 2 is 1.79 bits per heavy atom. The predicted octanol–water partition coefficient (Wildman–Crippen LogP) is 4.08. The number of rotatable bonds is 5. The lowest BCUT2D eigenvalue weighted by atomic mass is 9.89. The van der Waals surface area contributed by atoms with E-state index >= 15 is 0 Å². The van der Waals surface area contributed by atoms with Crippen LogP contribution >= 0.6 is 0 Å². The molecule has 0 spiro atoms. The summed E-state index contributed by atoms with van der Waals surface area (Å²) in [5.74, 6) is 0. The summed E-state index contributed by atoms with van der Waals surface area (Å²) in [6, 6.07) is 14.3. The van der Waals surface area contributed by atoms with Crippen molar-refractivity contribution in [2.24, 2.45) is 0 Å². The Kier molecular flexibility index (Phi) is 4.23. The zero-order valence-electron chi connectivity index (χ0n) is 11.9. The molecule has 0 aliphatic carbocycles. The van der Waals surface area contributed by atoms with E-state index < -0.39 is 11.7 Å². The average molecular weight is 258 g/mol. The molecule has 2 aromatic carbocycles. The first-order valence-corrected chi connectivity index (χ1v) is 6.91. The van der Waals surface area contributed by atoms with Crippen molar-refractivity contribution in [1.29, 1.82) is 0 Å². The van der Waals surface area contributed by atoms with Crippen molar-refractivity contribution in [3.63, 3.8) is 0 Å². The summed E-state index contributed by atoms with van der Waals surface area (Å²) in [5.41, 5.74) is 0.383. The topological polar surface area (TPSA) is 29.5 Å². The van der Waals surface area contributed by atoms with Crippen LogP contribution < -0.4 is 0 Å². The maximum atomic E-state index is 10.6. The van der Waals surface area contributed by atoms with Gasteiger partial charge in [-0.25, -0.2) is 0 Å². The van der Waals surface area contributed by atoms with Gasteiger partial charge in [0.25, 0.3) is 0 Å². The molecule has 0 saturated heterocycles. The van der Waals surface area contributed by atoms with Crippen molar-refractivity contribution in [2.75, 3.05) is 6.61 Å². The molecule has 2 atom stereocenters. The Morgan fingerprint density at radius 1 is 1.11 bits per heavy atom. The van der Waals surface area contributed by atoms with E-state index in [1.807, 2.05) is 45.0 Å². The van der Waals surface area contributed by atoms with Gasteiger partial charge in [-0.15, -0.1) is 0 Å². The summed E-state index contributed by atoms with van der Waals surface area (Å²) in [7, 11) is 0. The summed E-state index contributed by atoms with van der Waals surface area (Å²) < 4.78 is 5.76. The molecule has 0 saturated carbocycles. The first-order valence-electron chi connectivity index (χ1n) is 6.91. The molecule has 2 nitrogen and oxygen atoms in total. The monoisotopic (exact) mass is 258 g/mol. The Balaban J connectivity index is 2.37.